The molecule has 15 nitrogen and oxygen atoms in total. The number of aromatic amines is 1. The van der Waals surface area contributed by atoms with E-state index in [1.807, 2.05) is 0 Å². The predicted molar refractivity (Wildman–Crippen MR) is 116 cm³/mol. The predicted octanol–water partition coefficient (Wildman–Crippen LogP) is -3.59. The minimum atomic E-state index is -1.61. The van der Waals surface area contributed by atoms with E-state index in [9.17, 15) is 34.2 Å². The van der Waals surface area contributed by atoms with Gasteiger partial charge in [-0.25, -0.2) is 9.78 Å². The molecule has 0 aromatic carbocycles. The van der Waals surface area contributed by atoms with Crippen LogP contribution < -0.4 is 27.4 Å². The first-order valence-electron chi connectivity index (χ1n) is 10.5. The Kier molecular flexibility index (Phi) is 12.2. The molecule has 0 spiro atoms. The third-order valence-corrected chi connectivity index (χ3v) is 4.72. The van der Waals surface area contributed by atoms with Crippen LogP contribution in [0.5, 0.6) is 0 Å². The van der Waals surface area contributed by atoms with Gasteiger partial charge in [0, 0.05) is 18.3 Å². The van der Waals surface area contributed by atoms with Crippen LogP contribution in [0.4, 0.5) is 0 Å². The molecule has 34 heavy (non-hydrogen) atoms. The summed E-state index contributed by atoms with van der Waals surface area (Å²) in [7, 11) is 0. The maximum atomic E-state index is 12.6. The second-order valence-electron chi connectivity index (χ2n) is 7.47. The van der Waals surface area contributed by atoms with Crippen molar-refractivity contribution >= 4 is 29.7 Å². The molecule has 4 atom stereocenters. The molecule has 0 aliphatic carbocycles. The first-order chi connectivity index (χ1) is 16.1. The highest BCUT2D eigenvalue weighted by molar-refractivity contribution is 5.95. The summed E-state index contributed by atoms with van der Waals surface area (Å²) in [6.07, 6.45) is 3.08. The van der Waals surface area contributed by atoms with Crippen molar-refractivity contribution in [3.05, 3.63) is 18.2 Å². The van der Waals surface area contributed by atoms with Crippen LogP contribution >= 0.6 is 0 Å². The average Bonchev–Trinajstić information content (AvgIpc) is 3.28. The number of amides is 3. The van der Waals surface area contributed by atoms with Gasteiger partial charge < -0.3 is 47.7 Å². The third kappa shape index (κ3) is 9.93. The first-order valence-corrected chi connectivity index (χ1v) is 10.5. The topological polar surface area (TPSA) is 263 Å². The minimum absolute atomic E-state index is 0.0373. The van der Waals surface area contributed by atoms with Crippen molar-refractivity contribution in [3.63, 3.8) is 0 Å². The van der Waals surface area contributed by atoms with E-state index in [0.717, 1.165) is 0 Å². The van der Waals surface area contributed by atoms with Crippen LogP contribution in [0.2, 0.25) is 0 Å². The number of carbonyl (C=O) groups is 5. The number of nitrogens with one attached hydrogen (secondary N) is 4. The zero-order valence-corrected chi connectivity index (χ0v) is 18.4. The number of H-pyrrole nitrogens is 1. The molecular weight excluding hydrogens is 454 g/mol. The van der Waals surface area contributed by atoms with Gasteiger partial charge in [0.15, 0.2) is 0 Å². The van der Waals surface area contributed by atoms with Gasteiger partial charge in [-0.15, -0.1) is 0 Å². The Morgan fingerprint density at radius 3 is 2.12 bits per heavy atom. The molecule has 0 aliphatic rings. The number of nitrogens with two attached hydrogens (primary N) is 2. The van der Waals surface area contributed by atoms with Crippen LogP contribution in [-0.2, 0) is 30.4 Å². The molecule has 0 saturated carbocycles. The van der Waals surface area contributed by atoms with E-state index in [2.05, 4.69) is 25.9 Å². The van der Waals surface area contributed by atoms with Crippen LogP contribution in [0.15, 0.2) is 12.5 Å². The molecule has 4 unspecified atom stereocenters. The third-order valence-electron chi connectivity index (χ3n) is 4.72. The number of carbonyl (C=O) groups excluding carboxylic acids is 3. The Hall–Kier alpha value is -3.56. The van der Waals surface area contributed by atoms with E-state index in [1.165, 1.54) is 12.5 Å². The molecule has 15 heteroatoms. The molecule has 0 aliphatic heterocycles. The van der Waals surface area contributed by atoms with Gasteiger partial charge in [-0.3, -0.25) is 19.2 Å². The fraction of sp³-hybridized carbons (Fsp3) is 0.579. The van der Waals surface area contributed by atoms with E-state index >= 15 is 0 Å². The summed E-state index contributed by atoms with van der Waals surface area (Å²) in [5.41, 5.74) is 11.7. The smallest absolute Gasteiger partial charge is 0.326 e. The van der Waals surface area contributed by atoms with E-state index in [-0.39, 0.29) is 12.8 Å². The van der Waals surface area contributed by atoms with E-state index < -0.39 is 66.9 Å². The molecule has 3 amide bonds. The Bertz CT molecular complexity index is 833. The fourth-order valence-electron chi connectivity index (χ4n) is 2.88. The lowest BCUT2D eigenvalue weighted by atomic mass is 10.1. The van der Waals surface area contributed by atoms with Gasteiger partial charge in [-0.05, 0) is 25.8 Å². The molecule has 1 rings (SSSR count). The number of nitrogens with zero attached hydrogens (tertiary/aromatic N) is 1. The second-order valence-corrected chi connectivity index (χ2v) is 7.47. The first kappa shape index (κ1) is 28.5. The molecule has 0 bridgehead atoms. The molecule has 0 radical (unpaired) electrons. The van der Waals surface area contributed by atoms with Crippen molar-refractivity contribution in [1.82, 2.24) is 25.9 Å². The van der Waals surface area contributed by atoms with Crippen LogP contribution in [0.1, 0.15) is 31.4 Å². The zero-order valence-electron chi connectivity index (χ0n) is 18.4. The van der Waals surface area contributed by atoms with Crippen molar-refractivity contribution in [2.75, 3.05) is 13.2 Å². The average molecular weight is 485 g/mol. The van der Waals surface area contributed by atoms with Gasteiger partial charge in [0.2, 0.25) is 17.7 Å². The molecule has 190 valence electrons. The van der Waals surface area contributed by atoms with Crippen LogP contribution in [0, 0.1) is 0 Å². The van der Waals surface area contributed by atoms with Crippen LogP contribution in [0.3, 0.4) is 0 Å². The Labute approximate surface area is 194 Å². The molecule has 1 heterocycles. The lowest BCUT2D eigenvalue weighted by Gasteiger charge is -2.23. The number of carboxylic acids is 2. The molecule has 1 aromatic heterocycles. The van der Waals surface area contributed by atoms with Crippen LogP contribution in [-0.4, -0.2) is 92.3 Å². The molecule has 0 fully saturated rings. The summed E-state index contributed by atoms with van der Waals surface area (Å²) in [4.78, 5) is 66.4. The Morgan fingerprint density at radius 1 is 0.971 bits per heavy atom. The van der Waals surface area contributed by atoms with Gasteiger partial charge >= 0.3 is 11.9 Å². The maximum Gasteiger partial charge on any atom is 0.326 e. The largest absolute Gasteiger partial charge is 0.481 e. The molecular formula is C19H31N7O8. The van der Waals surface area contributed by atoms with Crippen molar-refractivity contribution in [1.29, 1.82) is 0 Å². The number of unbranched alkanes of at least 4 members (excludes halogenated alkanes) is 1. The summed E-state index contributed by atoms with van der Waals surface area (Å²) in [5.74, 6) is -5.62. The highest BCUT2D eigenvalue weighted by atomic mass is 16.4. The fourth-order valence-corrected chi connectivity index (χ4v) is 2.88. The lowest BCUT2D eigenvalue weighted by molar-refractivity contribution is -0.143. The van der Waals surface area contributed by atoms with Gasteiger partial charge in [0.25, 0.3) is 0 Å². The molecule has 0 saturated heterocycles. The number of aromatic nitrogens is 2. The van der Waals surface area contributed by atoms with Crippen molar-refractivity contribution in [3.8, 4) is 0 Å². The number of hydrogen-bond acceptors (Lipinski definition) is 9. The summed E-state index contributed by atoms with van der Waals surface area (Å²) in [6.45, 7) is -0.558. The monoisotopic (exact) mass is 485 g/mol. The number of aliphatic hydroxyl groups is 1. The maximum absolute atomic E-state index is 12.6. The van der Waals surface area contributed by atoms with Gasteiger partial charge in [-0.1, -0.05) is 0 Å². The summed E-state index contributed by atoms with van der Waals surface area (Å²) < 4.78 is 0. The van der Waals surface area contributed by atoms with Crippen molar-refractivity contribution < 1.29 is 39.3 Å². The number of imidazole rings is 1. The Balaban J connectivity index is 2.79. The second kappa shape index (κ2) is 14.6. The van der Waals surface area contributed by atoms with Gasteiger partial charge in [-0.2, -0.15) is 0 Å². The number of hydrogen-bond donors (Lipinski definition) is 9. The van der Waals surface area contributed by atoms with Crippen molar-refractivity contribution in [2.45, 2.75) is 56.3 Å². The van der Waals surface area contributed by atoms with E-state index in [1.54, 1.807) is 0 Å². The van der Waals surface area contributed by atoms with Gasteiger partial charge in [0.05, 0.1) is 25.4 Å². The molecule has 1 aromatic rings. The number of carboxylic acid groups (broad SMARTS) is 2. The van der Waals surface area contributed by atoms with E-state index in [0.29, 0.717) is 25.1 Å². The zero-order chi connectivity index (χ0) is 25.7. The quantitative estimate of drug-likeness (QED) is 0.103. The number of aliphatic carboxylic acids is 2. The van der Waals surface area contributed by atoms with Crippen LogP contribution in [0.25, 0.3) is 0 Å². The van der Waals surface area contributed by atoms with E-state index in [4.69, 9.17) is 16.6 Å². The lowest BCUT2D eigenvalue weighted by Crippen LogP contribution is -2.58. The Morgan fingerprint density at radius 2 is 1.59 bits per heavy atom. The summed E-state index contributed by atoms with van der Waals surface area (Å²) in [5, 5.41) is 34.4. The summed E-state index contributed by atoms with van der Waals surface area (Å²) in [6, 6.07) is -5.61. The number of aliphatic hydroxyl groups excluding tert-OH is 1. The number of rotatable bonds is 16. The van der Waals surface area contributed by atoms with Crippen molar-refractivity contribution in [2.24, 2.45) is 11.5 Å². The highest BCUT2D eigenvalue weighted by Gasteiger charge is 2.31. The summed E-state index contributed by atoms with van der Waals surface area (Å²) >= 11 is 0. The SMILES string of the molecule is NCCCCC(NC(=O)C(CO)NC(=O)C(CC(=O)O)NC(=O)C(N)Cc1cnc[nH]1)C(=O)O. The normalized spacial score (nSPS) is 14.3. The molecule has 11 N–H and O–H groups in total. The standard InChI is InChI=1S/C19H31N7O8/c20-4-2-1-3-12(19(33)34)24-18(32)14(8-27)26-17(31)13(6-15(28)29)25-16(30)11(21)5-10-7-22-9-23-10/h7,9,11-14,27H,1-6,8,20-21H2,(H,22,23)(H,24,32)(H,25,30)(H,26,31)(H,28,29)(H,33,34). The highest BCUT2D eigenvalue weighted by Crippen LogP contribution is 2.03. The van der Waals surface area contributed by atoms with Gasteiger partial charge in [0.1, 0.15) is 18.1 Å². The minimum Gasteiger partial charge on any atom is -0.481 e.